The molecule has 2 aromatic heterocycles. The number of hydrogen-bond acceptors (Lipinski definition) is 5. The van der Waals surface area contributed by atoms with E-state index < -0.39 is 0 Å². The van der Waals surface area contributed by atoms with Crippen LogP contribution in [0.1, 0.15) is 24.6 Å². The molecule has 2 aromatic rings. The van der Waals surface area contributed by atoms with Crippen molar-refractivity contribution >= 4 is 0 Å². The fourth-order valence-electron chi connectivity index (χ4n) is 2.08. The van der Waals surface area contributed by atoms with Crippen LogP contribution in [-0.4, -0.2) is 45.0 Å². The van der Waals surface area contributed by atoms with Gasteiger partial charge in [-0.2, -0.15) is 0 Å². The highest BCUT2D eigenvalue weighted by molar-refractivity contribution is 5.07. The van der Waals surface area contributed by atoms with Gasteiger partial charge in [-0.1, -0.05) is 18.2 Å². The van der Waals surface area contributed by atoms with Crippen molar-refractivity contribution in [2.75, 3.05) is 20.1 Å². The standard InChI is InChI=1S/C15H24N6/c1-3-6-16-11-15-13-21(19-18-15)9-8-20(2)12-14-5-4-7-17-10-14/h4-5,7,10,13,16H,3,6,8-9,11-12H2,1-2H3. The van der Waals surface area contributed by atoms with E-state index >= 15 is 0 Å². The van der Waals surface area contributed by atoms with Gasteiger partial charge >= 0.3 is 0 Å². The van der Waals surface area contributed by atoms with Crippen molar-refractivity contribution in [3.63, 3.8) is 0 Å². The maximum absolute atomic E-state index is 4.17. The maximum Gasteiger partial charge on any atom is 0.0964 e. The number of hydrogen-bond donors (Lipinski definition) is 1. The first-order chi connectivity index (χ1) is 10.3. The highest BCUT2D eigenvalue weighted by Gasteiger charge is 2.03. The summed E-state index contributed by atoms with van der Waals surface area (Å²) in [7, 11) is 2.10. The van der Waals surface area contributed by atoms with Crippen LogP contribution in [0.4, 0.5) is 0 Å². The Morgan fingerprint density at radius 1 is 1.38 bits per heavy atom. The summed E-state index contributed by atoms with van der Waals surface area (Å²) in [4.78, 5) is 6.39. The van der Waals surface area contributed by atoms with Gasteiger partial charge in [-0.25, -0.2) is 0 Å². The number of pyridine rings is 1. The van der Waals surface area contributed by atoms with E-state index in [2.05, 4.69) is 45.6 Å². The Hall–Kier alpha value is -1.79. The molecule has 6 heteroatoms. The monoisotopic (exact) mass is 288 g/mol. The minimum Gasteiger partial charge on any atom is -0.311 e. The average Bonchev–Trinajstić information content (AvgIpc) is 2.94. The first-order valence-corrected chi connectivity index (χ1v) is 7.45. The third-order valence-electron chi connectivity index (χ3n) is 3.21. The SMILES string of the molecule is CCCNCc1cn(CCN(C)Cc2cccnc2)nn1. The van der Waals surface area contributed by atoms with Gasteiger partial charge in [0.25, 0.3) is 0 Å². The summed E-state index contributed by atoms with van der Waals surface area (Å²) in [6.07, 6.45) is 6.85. The molecule has 0 aliphatic carbocycles. The molecule has 0 aliphatic rings. The molecule has 6 nitrogen and oxygen atoms in total. The summed E-state index contributed by atoms with van der Waals surface area (Å²) < 4.78 is 1.91. The molecular formula is C15H24N6. The molecule has 21 heavy (non-hydrogen) atoms. The Morgan fingerprint density at radius 2 is 2.29 bits per heavy atom. The molecule has 0 saturated carbocycles. The average molecular weight is 288 g/mol. The molecule has 1 N–H and O–H groups in total. The molecule has 0 saturated heterocycles. The first kappa shape index (κ1) is 15.6. The summed E-state index contributed by atoms with van der Waals surface area (Å²) in [6, 6.07) is 4.06. The van der Waals surface area contributed by atoms with Gasteiger partial charge in [0.05, 0.1) is 12.2 Å². The normalized spacial score (nSPS) is 11.2. The highest BCUT2D eigenvalue weighted by atomic mass is 15.4. The largest absolute Gasteiger partial charge is 0.311 e. The quantitative estimate of drug-likeness (QED) is 0.705. The molecule has 0 spiro atoms. The van der Waals surface area contributed by atoms with E-state index in [0.717, 1.165) is 44.8 Å². The Kier molecular flexibility index (Phi) is 6.30. The molecule has 0 fully saturated rings. The zero-order chi connectivity index (χ0) is 14.9. The van der Waals surface area contributed by atoms with Gasteiger partial charge in [-0.3, -0.25) is 9.67 Å². The van der Waals surface area contributed by atoms with Crippen molar-refractivity contribution in [1.82, 2.24) is 30.2 Å². The third-order valence-corrected chi connectivity index (χ3v) is 3.21. The second kappa shape index (κ2) is 8.49. The minimum absolute atomic E-state index is 0.791. The van der Waals surface area contributed by atoms with Crippen LogP contribution in [0.25, 0.3) is 0 Å². The molecule has 0 amide bonds. The lowest BCUT2D eigenvalue weighted by Gasteiger charge is -2.15. The van der Waals surface area contributed by atoms with Crippen LogP contribution < -0.4 is 5.32 Å². The van der Waals surface area contributed by atoms with Gasteiger partial charge in [0, 0.05) is 38.2 Å². The van der Waals surface area contributed by atoms with Gasteiger partial charge in [0.1, 0.15) is 0 Å². The van der Waals surface area contributed by atoms with Crippen molar-refractivity contribution in [3.05, 3.63) is 42.0 Å². The molecule has 0 aromatic carbocycles. The first-order valence-electron chi connectivity index (χ1n) is 7.45. The van der Waals surface area contributed by atoms with Crippen LogP contribution in [0.2, 0.25) is 0 Å². The summed E-state index contributed by atoms with van der Waals surface area (Å²) in [5.74, 6) is 0. The summed E-state index contributed by atoms with van der Waals surface area (Å²) in [5.41, 5.74) is 2.22. The second-order valence-electron chi connectivity index (χ2n) is 5.25. The fraction of sp³-hybridized carbons (Fsp3) is 0.533. The summed E-state index contributed by atoms with van der Waals surface area (Å²) >= 11 is 0. The lowest BCUT2D eigenvalue weighted by atomic mass is 10.3. The highest BCUT2D eigenvalue weighted by Crippen LogP contribution is 2.01. The zero-order valence-electron chi connectivity index (χ0n) is 12.9. The lowest BCUT2D eigenvalue weighted by molar-refractivity contribution is 0.303. The molecule has 0 aliphatic heterocycles. The topological polar surface area (TPSA) is 58.9 Å². The fourth-order valence-corrected chi connectivity index (χ4v) is 2.08. The van der Waals surface area contributed by atoms with Crippen LogP contribution in [0, 0.1) is 0 Å². The van der Waals surface area contributed by atoms with E-state index in [0.29, 0.717) is 0 Å². The van der Waals surface area contributed by atoms with E-state index in [1.54, 1.807) is 6.20 Å². The van der Waals surface area contributed by atoms with E-state index in [1.807, 2.05) is 23.1 Å². The minimum atomic E-state index is 0.791. The lowest BCUT2D eigenvalue weighted by Crippen LogP contribution is -2.23. The van der Waals surface area contributed by atoms with Crippen molar-refractivity contribution in [1.29, 1.82) is 0 Å². The predicted octanol–water partition coefficient (Wildman–Crippen LogP) is 1.30. The molecule has 114 valence electrons. The molecule has 0 bridgehead atoms. The van der Waals surface area contributed by atoms with Gasteiger partial charge in [-0.05, 0) is 31.6 Å². The van der Waals surface area contributed by atoms with E-state index in [-0.39, 0.29) is 0 Å². The van der Waals surface area contributed by atoms with Crippen molar-refractivity contribution in [2.45, 2.75) is 33.0 Å². The van der Waals surface area contributed by atoms with Gasteiger partial charge in [0.15, 0.2) is 0 Å². The third kappa shape index (κ3) is 5.61. The van der Waals surface area contributed by atoms with Crippen LogP contribution in [0.5, 0.6) is 0 Å². The second-order valence-corrected chi connectivity index (χ2v) is 5.25. The van der Waals surface area contributed by atoms with Crippen molar-refractivity contribution < 1.29 is 0 Å². The summed E-state index contributed by atoms with van der Waals surface area (Å²) in [6.45, 7) is 6.63. The Balaban J connectivity index is 1.72. The van der Waals surface area contributed by atoms with E-state index in [4.69, 9.17) is 0 Å². The number of rotatable bonds is 9. The Morgan fingerprint density at radius 3 is 3.05 bits per heavy atom. The number of nitrogens with zero attached hydrogens (tertiary/aromatic N) is 5. The number of aromatic nitrogens is 4. The summed E-state index contributed by atoms with van der Waals surface area (Å²) in [5, 5.41) is 11.7. The molecule has 0 atom stereocenters. The van der Waals surface area contributed by atoms with E-state index in [9.17, 15) is 0 Å². The van der Waals surface area contributed by atoms with Crippen molar-refractivity contribution in [2.24, 2.45) is 0 Å². The molecule has 0 radical (unpaired) electrons. The van der Waals surface area contributed by atoms with Crippen LogP contribution in [-0.2, 0) is 19.6 Å². The van der Waals surface area contributed by atoms with Crippen LogP contribution in [0.3, 0.4) is 0 Å². The number of nitrogens with one attached hydrogen (secondary N) is 1. The molecule has 0 unspecified atom stereocenters. The van der Waals surface area contributed by atoms with Crippen LogP contribution >= 0.6 is 0 Å². The Bertz CT molecular complexity index is 510. The van der Waals surface area contributed by atoms with Gasteiger partial charge < -0.3 is 10.2 Å². The molecule has 2 rings (SSSR count). The van der Waals surface area contributed by atoms with Crippen LogP contribution in [0.15, 0.2) is 30.7 Å². The Labute approximate surface area is 126 Å². The molecule has 2 heterocycles. The predicted molar refractivity (Wildman–Crippen MR) is 82.6 cm³/mol. The van der Waals surface area contributed by atoms with Gasteiger partial charge in [0.2, 0.25) is 0 Å². The molecular weight excluding hydrogens is 264 g/mol. The maximum atomic E-state index is 4.17. The zero-order valence-corrected chi connectivity index (χ0v) is 12.9. The van der Waals surface area contributed by atoms with Gasteiger partial charge in [-0.15, -0.1) is 5.10 Å². The van der Waals surface area contributed by atoms with E-state index in [1.165, 1.54) is 5.56 Å². The smallest absolute Gasteiger partial charge is 0.0964 e. The van der Waals surface area contributed by atoms with Crippen molar-refractivity contribution in [3.8, 4) is 0 Å². The number of likely N-dealkylation sites (N-methyl/N-ethyl adjacent to an activating group) is 1.